The minimum atomic E-state index is -1.02. The molecule has 1 aliphatic rings. The number of benzene rings is 1. The lowest BCUT2D eigenvalue weighted by molar-refractivity contribution is -0.138. The van der Waals surface area contributed by atoms with E-state index in [0.29, 0.717) is 6.54 Å². The normalized spacial score (nSPS) is 18.0. The fourth-order valence-corrected chi connectivity index (χ4v) is 3.08. The van der Waals surface area contributed by atoms with E-state index >= 15 is 0 Å². The van der Waals surface area contributed by atoms with E-state index < -0.39 is 11.9 Å². The van der Waals surface area contributed by atoms with Gasteiger partial charge in [-0.3, -0.25) is 19.1 Å². The predicted octanol–water partition coefficient (Wildman–Crippen LogP) is 1.52. The highest BCUT2D eigenvalue weighted by Crippen LogP contribution is 2.28. The number of hydrogen-bond donors (Lipinski definition) is 2. The van der Waals surface area contributed by atoms with Crippen LogP contribution in [-0.2, 0) is 20.9 Å². The van der Waals surface area contributed by atoms with E-state index in [-0.39, 0.29) is 36.6 Å². The van der Waals surface area contributed by atoms with E-state index in [1.165, 1.54) is 16.9 Å². The molecular formula is C18H20N4O4. The molecule has 8 heteroatoms. The van der Waals surface area contributed by atoms with E-state index in [1.54, 1.807) is 4.90 Å². The molecule has 1 saturated heterocycles. The number of nitrogens with zero attached hydrogens (tertiary/aromatic N) is 3. The minimum Gasteiger partial charge on any atom is -0.480 e. The SMILES string of the molecule is CC(c1ccccc1)N1CC(C(=O)Nc2ccn(CC(=O)O)n2)CC1=O. The second-order valence-electron chi connectivity index (χ2n) is 6.32. The highest BCUT2D eigenvalue weighted by Gasteiger charge is 2.37. The van der Waals surface area contributed by atoms with Crippen LogP contribution in [0, 0.1) is 5.92 Å². The van der Waals surface area contributed by atoms with Crippen LogP contribution in [0.25, 0.3) is 0 Å². The number of carbonyl (C=O) groups is 3. The first kappa shape index (κ1) is 17.7. The van der Waals surface area contributed by atoms with Crippen LogP contribution in [0.4, 0.5) is 5.82 Å². The molecule has 2 unspecified atom stereocenters. The molecule has 1 aromatic carbocycles. The Morgan fingerprint density at radius 3 is 2.73 bits per heavy atom. The number of amides is 2. The number of likely N-dealkylation sites (tertiary alicyclic amines) is 1. The Labute approximate surface area is 150 Å². The van der Waals surface area contributed by atoms with Crippen molar-refractivity contribution in [2.45, 2.75) is 25.9 Å². The molecule has 1 aliphatic heterocycles. The van der Waals surface area contributed by atoms with Gasteiger partial charge in [0.05, 0.1) is 12.0 Å². The molecule has 0 saturated carbocycles. The molecular weight excluding hydrogens is 336 g/mol. The molecule has 2 atom stereocenters. The van der Waals surface area contributed by atoms with Gasteiger partial charge < -0.3 is 15.3 Å². The van der Waals surface area contributed by atoms with Gasteiger partial charge in [0.1, 0.15) is 6.54 Å². The van der Waals surface area contributed by atoms with Crippen LogP contribution in [0.1, 0.15) is 24.9 Å². The molecule has 26 heavy (non-hydrogen) atoms. The van der Waals surface area contributed by atoms with Crippen molar-refractivity contribution in [2.24, 2.45) is 5.92 Å². The molecule has 0 radical (unpaired) electrons. The van der Waals surface area contributed by atoms with Crippen molar-refractivity contribution in [3.05, 3.63) is 48.2 Å². The fourth-order valence-electron chi connectivity index (χ4n) is 3.08. The first-order valence-corrected chi connectivity index (χ1v) is 8.34. The van der Waals surface area contributed by atoms with E-state index in [4.69, 9.17) is 5.11 Å². The van der Waals surface area contributed by atoms with Crippen molar-refractivity contribution < 1.29 is 19.5 Å². The molecule has 2 aromatic rings. The summed E-state index contributed by atoms with van der Waals surface area (Å²) >= 11 is 0. The van der Waals surface area contributed by atoms with Gasteiger partial charge >= 0.3 is 5.97 Å². The smallest absolute Gasteiger partial charge is 0.325 e. The van der Waals surface area contributed by atoms with E-state index in [2.05, 4.69) is 10.4 Å². The maximum atomic E-state index is 12.4. The number of hydrogen-bond acceptors (Lipinski definition) is 4. The number of anilines is 1. The summed E-state index contributed by atoms with van der Waals surface area (Å²) in [5, 5.41) is 15.4. The van der Waals surface area contributed by atoms with Crippen molar-refractivity contribution in [1.82, 2.24) is 14.7 Å². The molecule has 0 bridgehead atoms. The third-order valence-electron chi connectivity index (χ3n) is 4.47. The number of carboxylic acids is 1. The largest absolute Gasteiger partial charge is 0.480 e. The predicted molar refractivity (Wildman–Crippen MR) is 93.2 cm³/mol. The summed E-state index contributed by atoms with van der Waals surface area (Å²) in [6.07, 6.45) is 1.63. The standard InChI is InChI=1S/C18H20N4O4/c1-12(13-5-3-2-4-6-13)22-10-14(9-16(22)23)18(26)19-15-7-8-21(20-15)11-17(24)25/h2-8,12,14H,9-11H2,1H3,(H,24,25)(H,19,20,26). The number of aromatic nitrogens is 2. The van der Waals surface area contributed by atoms with Crippen LogP contribution in [0.2, 0.25) is 0 Å². The molecule has 0 aliphatic carbocycles. The molecule has 2 N–H and O–H groups in total. The Morgan fingerprint density at radius 1 is 1.31 bits per heavy atom. The second kappa shape index (κ2) is 7.38. The summed E-state index contributed by atoms with van der Waals surface area (Å²) in [5.41, 5.74) is 1.02. The number of carboxylic acid groups (broad SMARTS) is 1. The van der Waals surface area contributed by atoms with Crippen LogP contribution in [0.3, 0.4) is 0 Å². The fraction of sp³-hybridized carbons (Fsp3) is 0.333. The van der Waals surface area contributed by atoms with Crippen molar-refractivity contribution in [3.63, 3.8) is 0 Å². The van der Waals surface area contributed by atoms with Crippen LogP contribution < -0.4 is 5.32 Å². The molecule has 136 valence electrons. The van der Waals surface area contributed by atoms with Crippen LogP contribution in [0.15, 0.2) is 42.6 Å². The summed E-state index contributed by atoms with van der Waals surface area (Å²) in [7, 11) is 0. The molecule has 3 rings (SSSR count). The zero-order valence-electron chi connectivity index (χ0n) is 14.3. The molecule has 0 spiro atoms. The van der Waals surface area contributed by atoms with E-state index in [9.17, 15) is 14.4 Å². The lowest BCUT2D eigenvalue weighted by Crippen LogP contribution is -2.30. The van der Waals surface area contributed by atoms with Crippen molar-refractivity contribution in [2.75, 3.05) is 11.9 Å². The first-order chi connectivity index (χ1) is 12.4. The van der Waals surface area contributed by atoms with E-state index in [1.807, 2.05) is 37.3 Å². The van der Waals surface area contributed by atoms with Gasteiger partial charge in [0, 0.05) is 25.2 Å². The number of nitrogens with one attached hydrogen (secondary N) is 1. The highest BCUT2D eigenvalue weighted by molar-refractivity contribution is 5.96. The molecule has 8 nitrogen and oxygen atoms in total. The monoisotopic (exact) mass is 356 g/mol. The molecule has 1 aromatic heterocycles. The van der Waals surface area contributed by atoms with Gasteiger partial charge in [-0.15, -0.1) is 0 Å². The maximum absolute atomic E-state index is 12.4. The summed E-state index contributed by atoms with van der Waals surface area (Å²) in [6.45, 7) is 2.01. The van der Waals surface area contributed by atoms with Crippen LogP contribution in [-0.4, -0.2) is 44.1 Å². The molecule has 2 heterocycles. The Bertz CT molecular complexity index is 818. The minimum absolute atomic E-state index is 0.0575. The van der Waals surface area contributed by atoms with Gasteiger partial charge in [-0.2, -0.15) is 5.10 Å². The Balaban J connectivity index is 1.62. The second-order valence-corrected chi connectivity index (χ2v) is 6.32. The summed E-state index contributed by atoms with van der Waals surface area (Å²) in [5.74, 6) is -1.55. The third-order valence-corrected chi connectivity index (χ3v) is 4.47. The number of rotatable bonds is 6. The lowest BCUT2D eigenvalue weighted by Gasteiger charge is -2.25. The zero-order valence-corrected chi connectivity index (χ0v) is 14.3. The molecule has 2 amide bonds. The third kappa shape index (κ3) is 3.90. The quantitative estimate of drug-likeness (QED) is 0.816. The van der Waals surface area contributed by atoms with Gasteiger partial charge in [-0.25, -0.2) is 0 Å². The Kier molecular flexibility index (Phi) is 5.01. The van der Waals surface area contributed by atoms with Crippen LogP contribution >= 0.6 is 0 Å². The molecule has 1 fully saturated rings. The number of carbonyl (C=O) groups excluding carboxylic acids is 2. The topological polar surface area (TPSA) is 105 Å². The average molecular weight is 356 g/mol. The highest BCUT2D eigenvalue weighted by atomic mass is 16.4. The zero-order chi connectivity index (χ0) is 18.7. The van der Waals surface area contributed by atoms with Gasteiger partial charge in [0.15, 0.2) is 5.82 Å². The first-order valence-electron chi connectivity index (χ1n) is 8.34. The lowest BCUT2D eigenvalue weighted by atomic mass is 10.1. The van der Waals surface area contributed by atoms with Gasteiger partial charge in [0.2, 0.25) is 11.8 Å². The van der Waals surface area contributed by atoms with Crippen molar-refractivity contribution in [3.8, 4) is 0 Å². The van der Waals surface area contributed by atoms with Crippen LogP contribution in [0.5, 0.6) is 0 Å². The van der Waals surface area contributed by atoms with Gasteiger partial charge in [0.25, 0.3) is 0 Å². The summed E-state index contributed by atoms with van der Waals surface area (Å²) < 4.78 is 1.22. The maximum Gasteiger partial charge on any atom is 0.325 e. The number of aliphatic carboxylic acids is 1. The van der Waals surface area contributed by atoms with Crippen molar-refractivity contribution in [1.29, 1.82) is 0 Å². The summed E-state index contributed by atoms with van der Waals surface area (Å²) in [4.78, 5) is 37.2. The Morgan fingerprint density at radius 2 is 2.04 bits per heavy atom. The van der Waals surface area contributed by atoms with Crippen molar-refractivity contribution >= 4 is 23.6 Å². The average Bonchev–Trinajstić information content (AvgIpc) is 3.21. The van der Waals surface area contributed by atoms with Gasteiger partial charge in [-0.05, 0) is 12.5 Å². The Hall–Kier alpha value is -3.16. The van der Waals surface area contributed by atoms with Gasteiger partial charge in [-0.1, -0.05) is 30.3 Å². The summed E-state index contributed by atoms with van der Waals surface area (Å²) in [6, 6.07) is 11.1. The van der Waals surface area contributed by atoms with E-state index in [0.717, 1.165) is 5.56 Å².